The number of benzene rings is 1. The average Bonchev–Trinajstić information content (AvgIpc) is 4.02. The lowest BCUT2D eigenvalue weighted by atomic mass is 9.84. The van der Waals surface area contributed by atoms with Crippen LogP contribution in [0.3, 0.4) is 0 Å². The molecule has 2 saturated heterocycles. The van der Waals surface area contributed by atoms with Crippen molar-refractivity contribution in [1.29, 1.82) is 0 Å². The molecule has 1 aromatic carbocycles. The highest BCUT2D eigenvalue weighted by molar-refractivity contribution is 7.10. The average molecular weight is 884 g/mol. The minimum atomic E-state index is -1.04. The van der Waals surface area contributed by atoms with Crippen LogP contribution in [0.15, 0.2) is 41.9 Å². The number of esters is 1. The van der Waals surface area contributed by atoms with Gasteiger partial charge < -0.3 is 34.1 Å². The van der Waals surface area contributed by atoms with Gasteiger partial charge in [-0.25, -0.2) is 15.2 Å². The van der Waals surface area contributed by atoms with Gasteiger partial charge in [-0.15, -0.1) is 11.3 Å². The van der Waals surface area contributed by atoms with Crippen molar-refractivity contribution in [2.24, 2.45) is 11.3 Å². The topological polar surface area (TPSA) is 154 Å². The maximum absolute atomic E-state index is 14.6. The van der Waals surface area contributed by atoms with Crippen molar-refractivity contribution in [3.8, 4) is 22.5 Å². The van der Waals surface area contributed by atoms with Crippen molar-refractivity contribution in [1.82, 2.24) is 45.0 Å². The highest BCUT2D eigenvalue weighted by Gasteiger charge is 2.40. The van der Waals surface area contributed by atoms with E-state index >= 15 is 0 Å². The maximum atomic E-state index is 14.6. The molecule has 2 N–H and O–H groups in total. The molecule has 340 valence electrons. The number of aromatic nitrogens is 3. The van der Waals surface area contributed by atoms with Crippen LogP contribution in [-0.4, -0.2) is 137 Å². The second-order valence-corrected chi connectivity index (χ2v) is 19.6. The molecule has 2 fully saturated rings. The first-order chi connectivity index (χ1) is 30.0. The van der Waals surface area contributed by atoms with Crippen molar-refractivity contribution in [3.63, 3.8) is 0 Å². The minimum Gasteiger partial charge on any atom is -0.464 e. The second-order valence-electron chi connectivity index (χ2n) is 18.7. The third-order valence-electron chi connectivity index (χ3n) is 12.9. The van der Waals surface area contributed by atoms with E-state index in [4.69, 9.17) is 19.4 Å². The predicted molar refractivity (Wildman–Crippen MR) is 245 cm³/mol. The van der Waals surface area contributed by atoms with E-state index in [-0.39, 0.29) is 43.0 Å². The zero-order chi connectivity index (χ0) is 45.3. The predicted octanol–water partition coefficient (Wildman–Crippen LogP) is 5.91. The van der Waals surface area contributed by atoms with E-state index in [2.05, 4.69) is 65.2 Å². The molecule has 0 saturated carbocycles. The molecular formula is C47H65N9O6S. The smallest absolute Gasteiger partial charge is 0.324 e. The van der Waals surface area contributed by atoms with Gasteiger partial charge in [0.25, 0.3) is 5.91 Å². The summed E-state index contributed by atoms with van der Waals surface area (Å²) < 4.78 is 14.2. The third kappa shape index (κ3) is 9.64. The van der Waals surface area contributed by atoms with Gasteiger partial charge in [0.05, 0.1) is 34.8 Å². The Hall–Kier alpha value is -4.90. The van der Waals surface area contributed by atoms with Crippen molar-refractivity contribution in [2.75, 3.05) is 54.5 Å². The quantitative estimate of drug-likeness (QED) is 0.194. The number of thiazole rings is 1. The van der Waals surface area contributed by atoms with E-state index in [0.29, 0.717) is 50.4 Å². The van der Waals surface area contributed by atoms with Gasteiger partial charge in [0, 0.05) is 91.8 Å². The number of carbonyl (C=O) groups is 4. The number of hydrogen-bond acceptors (Lipinski definition) is 11. The molecule has 16 heteroatoms. The Bertz CT molecular complexity index is 2320. The molecule has 4 aromatic rings. The number of hydrogen-bond donors (Lipinski definition) is 2. The van der Waals surface area contributed by atoms with Crippen LogP contribution in [-0.2, 0) is 43.2 Å². The number of nitrogens with one attached hydrogen (secondary N) is 2. The summed E-state index contributed by atoms with van der Waals surface area (Å²) in [5, 5.41) is 8.23. The molecular weight excluding hydrogens is 819 g/mol. The van der Waals surface area contributed by atoms with E-state index < -0.39 is 35.4 Å². The Morgan fingerprint density at radius 2 is 1.89 bits per heavy atom. The lowest BCUT2D eigenvalue weighted by Gasteiger charge is -2.37. The fraction of sp³-hybridized carbons (Fsp3) is 0.574. The Morgan fingerprint density at radius 3 is 2.59 bits per heavy atom. The van der Waals surface area contributed by atoms with Crippen molar-refractivity contribution in [3.05, 3.63) is 58.2 Å². The Kier molecular flexibility index (Phi) is 13.9. The summed E-state index contributed by atoms with van der Waals surface area (Å²) in [7, 11) is 7.37. The standard InChI is InChI=1S/C47H65N9O6S/c1-11-55-38-17-16-30-22-33(38)34(42(55)32-14-12-19-48-40(32)29(4)61-10)24-47(5,6)27-62-45(59)35-15-13-20-56(51-35)44(58)36(23-39-49-37(30)26-63-39)50-43(57)41(28(2)3)53(9)46(60)54-21-18-31(25-54)52(7)8/h12,14,16-17,19,22,26,28-29,31,35-36,41,51H,11,13,15,18,20-21,23-25,27H2,1-10H3,(H,50,57)/t29-,31+,35-,36-,41-/m0/s1. The lowest BCUT2D eigenvalue weighted by Crippen LogP contribution is -2.62. The number of cyclic esters (lactones) is 1. The molecule has 0 aliphatic carbocycles. The Labute approximate surface area is 375 Å². The Balaban J connectivity index is 1.28. The van der Waals surface area contributed by atoms with Crippen LogP contribution in [0, 0.1) is 11.3 Å². The van der Waals surface area contributed by atoms with Crippen LogP contribution in [0.1, 0.15) is 83.2 Å². The molecule has 3 aromatic heterocycles. The summed E-state index contributed by atoms with van der Waals surface area (Å²) in [6.07, 6.45) is 4.16. The number of ether oxygens (including phenoxy) is 2. The normalized spacial score (nSPS) is 21.7. The van der Waals surface area contributed by atoms with Crippen LogP contribution in [0.4, 0.5) is 4.79 Å². The largest absolute Gasteiger partial charge is 0.464 e. The molecule has 63 heavy (non-hydrogen) atoms. The van der Waals surface area contributed by atoms with Crippen LogP contribution >= 0.6 is 11.3 Å². The first kappa shape index (κ1) is 46.1. The molecule has 0 unspecified atom stereocenters. The first-order valence-electron chi connectivity index (χ1n) is 22.3. The van der Waals surface area contributed by atoms with E-state index in [9.17, 15) is 19.2 Å². The van der Waals surface area contributed by atoms with E-state index in [1.165, 1.54) is 21.2 Å². The monoisotopic (exact) mass is 883 g/mol. The maximum Gasteiger partial charge on any atom is 0.324 e. The molecule has 6 heterocycles. The molecule has 4 amide bonds. The van der Waals surface area contributed by atoms with Crippen molar-refractivity contribution in [2.45, 2.75) is 110 Å². The summed E-state index contributed by atoms with van der Waals surface area (Å²) in [6.45, 7) is 14.5. The summed E-state index contributed by atoms with van der Waals surface area (Å²) in [6, 6.07) is 7.86. The first-order valence-corrected chi connectivity index (χ1v) is 23.2. The summed E-state index contributed by atoms with van der Waals surface area (Å²) >= 11 is 1.43. The molecule has 3 aliphatic rings. The number of nitrogens with zero attached hydrogens (tertiary/aromatic N) is 7. The molecule has 0 radical (unpaired) electrons. The summed E-state index contributed by atoms with van der Waals surface area (Å²) in [4.78, 5) is 72.0. The summed E-state index contributed by atoms with van der Waals surface area (Å²) in [5.74, 6) is -1.50. The lowest BCUT2D eigenvalue weighted by molar-refractivity contribution is -0.155. The molecule has 6 bridgehead atoms. The van der Waals surface area contributed by atoms with Crippen molar-refractivity contribution < 1.29 is 28.7 Å². The van der Waals surface area contributed by atoms with Gasteiger partial charge in [0.1, 0.15) is 18.1 Å². The van der Waals surface area contributed by atoms with Gasteiger partial charge in [0.2, 0.25) is 5.91 Å². The number of likely N-dealkylation sites (tertiary alicyclic amines) is 1. The Morgan fingerprint density at radius 1 is 1.11 bits per heavy atom. The number of methoxy groups -OCH3 is 1. The van der Waals surface area contributed by atoms with Crippen LogP contribution < -0.4 is 10.7 Å². The van der Waals surface area contributed by atoms with Crippen LogP contribution in [0.25, 0.3) is 33.4 Å². The highest BCUT2D eigenvalue weighted by Crippen LogP contribution is 2.42. The molecule has 3 aliphatic heterocycles. The zero-order valence-electron chi connectivity index (χ0n) is 38.6. The number of aryl methyl sites for hydroxylation is 1. The van der Waals surface area contributed by atoms with Gasteiger partial charge in [0.15, 0.2) is 0 Å². The van der Waals surface area contributed by atoms with Gasteiger partial charge in [-0.2, -0.15) is 0 Å². The third-order valence-corrected chi connectivity index (χ3v) is 13.8. The highest BCUT2D eigenvalue weighted by atomic mass is 32.1. The minimum absolute atomic E-state index is 0.112. The number of carbonyl (C=O) groups excluding carboxylic acids is 4. The van der Waals surface area contributed by atoms with E-state index in [0.717, 1.165) is 51.1 Å². The van der Waals surface area contributed by atoms with Crippen molar-refractivity contribution >= 4 is 46.1 Å². The fourth-order valence-corrected chi connectivity index (χ4v) is 10.3. The summed E-state index contributed by atoms with van der Waals surface area (Å²) in [5.41, 5.74) is 9.40. The zero-order valence-corrected chi connectivity index (χ0v) is 39.4. The number of likely N-dealkylation sites (N-methyl/N-ethyl adjacent to an activating group) is 2. The van der Waals surface area contributed by atoms with Gasteiger partial charge in [-0.05, 0) is 89.4 Å². The number of fused-ring (bicyclic) bond motifs is 6. The second kappa shape index (κ2) is 19.1. The van der Waals surface area contributed by atoms with Gasteiger partial charge in [-0.3, -0.25) is 24.4 Å². The number of pyridine rings is 1. The SMILES string of the molecule is CCn1c(-c2cccnc2[C@H](C)OC)c2c3cc(ccc31)-c1csc(n1)C[C@H](NC(=O)[C@H](C(C)C)N(C)C(=O)N1CC[C@@H](N(C)C)C1)C(=O)N1CCC[C@H](N1)C(=O)OCC(C)(C)C2. The van der Waals surface area contributed by atoms with Gasteiger partial charge in [-0.1, -0.05) is 33.8 Å². The van der Waals surface area contributed by atoms with E-state index in [1.807, 2.05) is 46.3 Å². The van der Waals surface area contributed by atoms with Crippen LogP contribution in [0.2, 0.25) is 0 Å². The number of hydrazine groups is 1. The molecule has 5 atom stereocenters. The molecule has 7 rings (SSSR count). The molecule has 0 spiro atoms. The molecule has 15 nitrogen and oxygen atoms in total. The number of urea groups is 1. The van der Waals surface area contributed by atoms with Gasteiger partial charge >= 0.3 is 12.0 Å². The number of amides is 4. The van der Waals surface area contributed by atoms with E-state index in [1.54, 1.807) is 25.3 Å². The fourth-order valence-electron chi connectivity index (χ4n) is 9.43. The number of rotatable bonds is 9. The van der Waals surface area contributed by atoms with Crippen LogP contribution in [0.5, 0.6) is 0 Å².